The molecule has 2 fully saturated rings. The van der Waals surface area contributed by atoms with Gasteiger partial charge in [-0.2, -0.15) is 0 Å². The molecule has 1 atom stereocenters. The summed E-state index contributed by atoms with van der Waals surface area (Å²) in [6.45, 7) is 3.94. The molecule has 1 saturated heterocycles. The number of ether oxygens (including phenoxy) is 2. The molecule has 7 nitrogen and oxygen atoms in total. The van der Waals surface area contributed by atoms with Gasteiger partial charge in [-0.05, 0) is 19.3 Å². The summed E-state index contributed by atoms with van der Waals surface area (Å²) in [5, 5.41) is 6.63. The topological polar surface area (TPSA) is 75.2 Å². The van der Waals surface area contributed by atoms with Gasteiger partial charge in [-0.3, -0.25) is 4.79 Å². The van der Waals surface area contributed by atoms with E-state index in [0.29, 0.717) is 31.1 Å². The summed E-state index contributed by atoms with van der Waals surface area (Å²) in [4.78, 5) is 17.8. The predicted molar refractivity (Wildman–Crippen MR) is 103 cm³/mol. The van der Waals surface area contributed by atoms with Crippen molar-refractivity contribution in [3.63, 3.8) is 0 Å². The summed E-state index contributed by atoms with van der Waals surface area (Å²) < 4.78 is 11.4. The fourth-order valence-electron chi connectivity index (χ4n) is 3.25. The van der Waals surface area contributed by atoms with Crippen LogP contribution in [0.1, 0.15) is 44.9 Å². The van der Waals surface area contributed by atoms with Crippen molar-refractivity contribution in [2.75, 3.05) is 53.6 Å². The number of carbonyl (C=O) groups excluding carboxylic acids is 1. The lowest BCUT2D eigenvalue weighted by Crippen LogP contribution is -2.42. The van der Waals surface area contributed by atoms with E-state index in [4.69, 9.17) is 9.47 Å². The van der Waals surface area contributed by atoms with Crippen molar-refractivity contribution in [2.24, 2.45) is 10.9 Å². The number of nitrogens with zero attached hydrogens (tertiary/aromatic N) is 2. The maximum absolute atomic E-state index is 11.8. The van der Waals surface area contributed by atoms with Crippen LogP contribution in [0.15, 0.2) is 4.99 Å². The smallest absolute Gasteiger partial charge is 0.243 e. The Hall–Kier alpha value is -1.34. The van der Waals surface area contributed by atoms with Crippen LogP contribution in [-0.2, 0) is 14.3 Å². The Balaban J connectivity index is 1.72. The third kappa shape index (κ3) is 8.36. The third-order valence-electron chi connectivity index (χ3n) is 5.00. The Kier molecular flexibility index (Phi) is 9.77. The maximum Gasteiger partial charge on any atom is 0.243 e. The van der Waals surface area contributed by atoms with Gasteiger partial charge in [0.05, 0.1) is 19.3 Å². The van der Waals surface area contributed by atoms with E-state index in [-0.39, 0.29) is 12.5 Å². The lowest BCUT2D eigenvalue weighted by atomic mass is 10.1. The van der Waals surface area contributed by atoms with Crippen molar-refractivity contribution >= 4 is 11.9 Å². The van der Waals surface area contributed by atoms with Crippen LogP contribution in [0, 0.1) is 5.92 Å². The first-order chi connectivity index (χ1) is 12.6. The Morgan fingerprint density at radius 3 is 2.58 bits per heavy atom. The monoisotopic (exact) mass is 368 g/mol. The van der Waals surface area contributed by atoms with E-state index in [2.05, 4.69) is 15.6 Å². The minimum absolute atomic E-state index is 0.00925. The number of amides is 1. The second-order valence-electron chi connectivity index (χ2n) is 7.47. The molecule has 1 saturated carbocycles. The lowest BCUT2D eigenvalue weighted by Gasteiger charge is -2.18. The Morgan fingerprint density at radius 1 is 1.15 bits per heavy atom. The first-order valence-electron chi connectivity index (χ1n) is 10.1. The molecule has 0 aromatic heterocycles. The highest BCUT2D eigenvalue weighted by Gasteiger charge is 2.16. The molecule has 1 amide bonds. The Morgan fingerprint density at radius 2 is 1.92 bits per heavy atom. The summed E-state index contributed by atoms with van der Waals surface area (Å²) >= 11 is 0. The van der Waals surface area contributed by atoms with Gasteiger partial charge >= 0.3 is 0 Å². The number of guanidine groups is 1. The first-order valence-corrected chi connectivity index (χ1v) is 10.1. The molecule has 2 aliphatic rings. The number of hydrogen-bond donors (Lipinski definition) is 2. The van der Waals surface area contributed by atoms with Crippen molar-refractivity contribution < 1.29 is 14.3 Å². The molecule has 1 unspecified atom stereocenters. The second kappa shape index (κ2) is 12.1. The largest absolute Gasteiger partial charge is 0.381 e. The fraction of sp³-hybridized carbons (Fsp3) is 0.895. The molecule has 0 bridgehead atoms. The molecule has 0 aromatic rings. The lowest BCUT2D eigenvalue weighted by molar-refractivity contribution is -0.127. The van der Waals surface area contributed by atoms with Crippen molar-refractivity contribution in [3.8, 4) is 0 Å². The molecular formula is C19H36N4O3. The molecule has 0 radical (unpaired) electrons. The highest BCUT2D eigenvalue weighted by Crippen LogP contribution is 2.19. The summed E-state index contributed by atoms with van der Waals surface area (Å²) in [6.07, 6.45) is 9.06. The van der Waals surface area contributed by atoms with Gasteiger partial charge in [0.2, 0.25) is 5.91 Å². The van der Waals surface area contributed by atoms with E-state index in [1.807, 2.05) is 0 Å². The van der Waals surface area contributed by atoms with E-state index in [1.165, 1.54) is 38.5 Å². The van der Waals surface area contributed by atoms with Gasteiger partial charge in [0.25, 0.3) is 0 Å². The van der Waals surface area contributed by atoms with E-state index >= 15 is 0 Å². The quantitative estimate of drug-likeness (QED) is 0.293. The summed E-state index contributed by atoms with van der Waals surface area (Å²) in [5.74, 6) is 1.18. The highest BCUT2D eigenvalue weighted by atomic mass is 16.5. The number of nitrogens with one attached hydrogen (secondary N) is 2. The number of rotatable bonds is 8. The standard InChI is InChI=1S/C19H36N4O3/c1-23(2)18(24)14-22-19(21-13-16-9-11-25-15-16)20-10-12-26-17-7-5-3-4-6-8-17/h16-17H,3-15H2,1-2H3,(H2,20,21,22). The predicted octanol–water partition coefficient (Wildman–Crippen LogP) is 1.39. The Labute approximate surface area is 157 Å². The fourth-order valence-corrected chi connectivity index (χ4v) is 3.25. The first kappa shape index (κ1) is 21.0. The Bertz CT molecular complexity index is 429. The van der Waals surface area contributed by atoms with Gasteiger partial charge in [0, 0.05) is 39.7 Å². The van der Waals surface area contributed by atoms with Gasteiger partial charge in [-0.15, -0.1) is 0 Å². The third-order valence-corrected chi connectivity index (χ3v) is 5.00. The molecule has 150 valence electrons. The summed E-state index contributed by atoms with van der Waals surface area (Å²) in [5.41, 5.74) is 0. The minimum Gasteiger partial charge on any atom is -0.381 e. The van der Waals surface area contributed by atoms with E-state index < -0.39 is 0 Å². The zero-order valence-electron chi connectivity index (χ0n) is 16.5. The summed E-state index contributed by atoms with van der Waals surface area (Å²) in [7, 11) is 3.49. The van der Waals surface area contributed by atoms with Crippen LogP contribution >= 0.6 is 0 Å². The molecule has 0 aromatic carbocycles. The molecule has 2 N–H and O–H groups in total. The van der Waals surface area contributed by atoms with Crippen LogP contribution in [0.3, 0.4) is 0 Å². The van der Waals surface area contributed by atoms with Gasteiger partial charge < -0.3 is 25.0 Å². The van der Waals surface area contributed by atoms with Crippen LogP contribution in [0.25, 0.3) is 0 Å². The molecular weight excluding hydrogens is 332 g/mol. The summed E-state index contributed by atoms with van der Waals surface area (Å²) in [6, 6.07) is 0. The van der Waals surface area contributed by atoms with Gasteiger partial charge in [0.15, 0.2) is 5.96 Å². The van der Waals surface area contributed by atoms with Crippen molar-refractivity contribution in [1.29, 1.82) is 0 Å². The zero-order valence-corrected chi connectivity index (χ0v) is 16.5. The molecule has 7 heteroatoms. The van der Waals surface area contributed by atoms with Crippen molar-refractivity contribution in [2.45, 2.75) is 51.0 Å². The highest BCUT2D eigenvalue weighted by molar-refractivity contribution is 5.84. The van der Waals surface area contributed by atoms with Crippen molar-refractivity contribution in [3.05, 3.63) is 0 Å². The van der Waals surface area contributed by atoms with Crippen molar-refractivity contribution in [1.82, 2.24) is 15.5 Å². The molecule has 0 spiro atoms. The molecule has 1 aliphatic heterocycles. The second-order valence-corrected chi connectivity index (χ2v) is 7.47. The average molecular weight is 369 g/mol. The average Bonchev–Trinajstić information content (AvgIpc) is 3.02. The zero-order chi connectivity index (χ0) is 18.6. The number of carbonyl (C=O) groups is 1. The van der Waals surface area contributed by atoms with E-state index in [9.17, 15) is 4.79 Å². The number of likely N-dealkylation sites (N-methyl/N-ethyl adjacent to an activating group) is 1. The van der Waals surface area contributed by atoms with E-state index in [1.54, 1.807) is 19.0 Å². The molecule has 2 rings (SSSR count). The van der Waals surface area contributed by atoms with Crippen LogP contribution < -0.4 is 10.6 Å². The minimum atomic E-state index is -0.00925. The van der Waals surface area contributed by atoms with Gasteiger partial charge in [0.1, 0.15) is 6.54 Å². The normalized spacial score (nSPS) is 22.1. The van der Waals surface area contributed by atoms with Crippen LogP contribution in [0.4, 0.5) is 0 Å². The molecule has 26 heavy (non-hydrogen) atoms. The van der Waals surface area contributed by atoms with E-state index in [0.717, 1.165) is 26.2 Å². The molecule has 1 aliphatic carbocycles. The van der Waals surface area contributed by atoms with Gasteiger partial charge in [-0.1, -0.05) is 25.7 Å². The van der Waals surface area contributed by atoms with Gasteiger partial charge in [-0.25, -0.2) is 4.99 Å². The van der Waals surface area contributed by atoms with Crippen LogP contribution in [-0.4, -0.2) is 76.4 Å². The maximum atomic E-state index is 11.8. The number of aliphatic imine (C=N–C) groups is 1. The molecule has 1 heterocycles. The van der Waals surface area contributed by atoms with Crippen LogP contribution in [0.5, 0.6) is 0 Å². The SMILES string of the molecule is CN(C)C(=O)CN=C(NCCOC1CCCCCC1)NCC1CCOC1. The number of hydrogen-bond acceptors (Lipinski definition) is 4. The van der Waals surface area contributed by atoms with Crippen LogP contribution in [0.2, 0.25) is 0 Å².